The number of nitrogen functional groups attached to an aromatic ring is 1. The van der Waals surface area contributed by atoms with E-state index in [0.29, 0.717) is 0 Å². The minimum atomic E-state index is -1.46. The fourth-order valence-corrected chi connectivity index (χ4v) is 2.08. The van der Waals surface area contributed by atoms with Crippen molar-refractivity contribution >= 4 is 17.9 Å². The Bertz CT molecular complexity index is 657. The molecule has 0 bridgehead atoms. The van der Waals surface area contributed by atoms with Gasteiger partial charge in [-0.1, -0.05) is 0 Å². The number of aliphatic carboxylic acids is 1. The first-order valence-electron chi connectivity index (χ1n) is 6.27. The average Bonchev–Trinajstić information content (AvgIpc) is 2.74. The maximum atomic E-state index is 11.9. The number of ether oxygens (including phenoxy) is 1. The van der Waals surface area contributed by atoms with Crippen molar-refractivity contribution in [2.75, 3.05) is 12.3 Å². The molecule has 4 unspecified atom stereocenters. The van der Waals surface area contributed by atoms with Crippen molar-refractivity contribution in [3.8, 4) is 0 Å². The maximum absolute atomic E-state index is 11.9. The fraction of sp³-hybridized carbons (Fsp3) is 0.417. The number of hydrogen-bond acceptors (Lipinski definition) is 8. The monoisotopic (exact) mass is 313 g/mol. The van der Waals surface area contributed by atoms with E-state index in [9.17, 15) is 19.8 Å². The normalized spacial score (nSPS) is 28.3. The third-order valence-corrected chi connectivity index (χ3v) is 3.21. The summed E-state index contributed by atoms with van der Waals surface area (Å²) < 4.78 is 6.09. The van der Waals surface area contributed by atoms with E-state index in [1.54, 1.807) is 0 Å². The van der Waals surface area contributed by atoms with E-state index in [1.165, 1.54) is 0 Å². The molecule has 22 heavy (non-hydrogen) atoms. The Hall–Kier alpha value is -2.27. The standard InChI is InChI=1S/C12H15N3O7/c13-10-5(1-2-7(17)18)3-15(12(21)14-10)11-9(20)8(19)6(4-16)22-11/h1-3,6,8-9,11,16,19-20H,4H2,(H,17,18)(H2,13,14,21). The van der Waals surface area contributed by atoms with Gasteiger partial charge in [0.25, 0.3) is 0 Å². The van der Waals surface area contributed by atoms with Crippen LogP contribution in [0.15, 0.2) is 17.1 Å². The molecule has 0 aliphatic carbocycles. The lowest BCUT2D eigenvalue weighted by Gasteiger charge is -2.18. The van der Waals surface area contributed by atoms with E-state index in [2.05, 4.69) is 4.98 Å². The molecule has 0 aromatic carbocycles. The Morgan fingerprint density at radius 2 is 2.14 bits per heavy atom. The van der Waals surface area contributed by atoms with E-state index in [-0.39, 0.29) is 11.4 Å². The van der Waals surface area contributed by atoms with Crippen molar-refractivity contribution in [1.82, 2.24) is 9.55 Å². The third kappa shape index (κ3) is 2.99. The van der Waals surface area contributed by atoms with Crippen molar-refractivity contribution in [2.45, 2.75) is 24.5 Å². The van der Waals surface area contributed by atoms with Crippen LogP contribution < -0.4 is 11.4 Å². The first kappa shape index (κ1) is 16.1. The lowest BCUT2D eigenvalue weighted by Crippen LogP contribution is -2.36. The first-order chi connectivity index (χ1) is 10.3. The molecular formula is C12H15N3O7. The molecule has 0 saturated carbocycles. The number of anilines is 1. The van der Waals surface area contributed by atoms with Crippen molar-refractivity contribution in [1.29, 1.82) is 0 Å². The molecule has 0 amide bonds. The number of nitrogens with zero attached hydrogens (tertiary/aromatic N) is 2. The Labute approximate surface area is 123 Å². The van der Waals surface area contributed by atoms with Crippen LogP contribution in [-0.2, 0) is 9.53 Å². The molecule has 4 atom stereocenters. The van der Waals surface area contributed by atoms with Gasteiger partial charge < -0.3 is 30.9 Å². The number of aliphatic hydroxyl groups is 3. The smallest absolute Gasteiger partial charge is 0.351 e. The topological polar surface area (TPSA) is 168 Å². The fourth-order valence-electron chi connectivity index (χ4n) is 2.08. The number of carboxylic acid groups (broad SMARTS) is 1. The highest BCUT2D eigenvalue weighted by Gasteiger charge is 2.43. The molecule has 1 aliphatic rings. The van der Waals surface area contributed by atoms with Gasteiger partial charge in [0.1, 0.15) is 24.1 Å². The second-order valence-corrected chi connectivity index (χ2v) is 4.67. The van der Waals surface area contributed by atoms with Gasteiger partial charge in [0.15, 0.2) is 6.23 Å². The van der Waals surface area contributed by atoms with E-state index in [0.717, 1.165) is 22.9 Å². The first-order valence-corrected chi connectivity index (χ1v) is 6.27. The van der Waals surface area contributed by atoms with Gasteiger partial charge in [0.05, 0.1) is 6.61 Å². The van der Waals surface area contributed by atoms with Crippen LogP contribution in [-0.4, -0.2) is 60.9 Å². The lowest BCUT2D eigenvalue weighted by atomic mass is 10.1. The summed E-state index contributed by atoms with van der Waals surface area (Å²) in [6.07, 6.45) is -2.08. The highest BCUT2D eigenvalue weighted by atomic mass is 16.6. The molecule has 1 saturated heterocycles. The van der Waals surface area contributed by atoms with E-state index in [1.807, 2.05) is 0 Å². The van der Waals surface area contributed by atoms with Crippen LogP contribution in [0, 0.1) is 0 Å². The molecule has 0 spiro atoms. The average molecular weight is 313 g/mol. The van der Waals surface area contributed by atoms with Crippen LogP contribution in [0.4, 0.5) is 5.82 Å². The molecule has 10 heteroatoms. The molecule has 1 aromatic rings. The zero-order valence-corrected chi connectivity index (χ0v) is 11.2. The lowest BCUT2D eigenvalue weighted by molar-refractivity contribution is -0.131. The zero-order chi connectivity index (χ0) is 16.4. The molecule has 2 rings (SSSR count). The predicted molar refractivity (Wildman–Crippen MR) is 72.6 cm³/mol. The number of nitrogens with two attached hydrogens (primary N) is 1. The van der Waals surface area contributed by atoms with Gasteiger partial charge in [-0.3, -0.25) is 4.57 Å². The van der Waals surface area contributed by atoms with Crippen molar-refractivity contribution < 1.29 is 30.0 Å². The minimum absolute atomic E-state index is 0.125. The van der Waals surface area contributed by atoms with Gasteiger partial charge in [0, 0.05) is 17.8 Å². The summed E-state index contributed by atoms with van der Waals surface area (Å²) in [6, 6.07) is 0. The van der Waals surface area contributed by atoms with Gasteiger partial charge >= 0.3 is 11.7 Å². The van der Waals surface area contributed by atoms with E-state index < -0.39 is 42.8 Å². The highest BCUT2D eigenvalue weighted by molar-refractivity contribution is 5.86. The summed E-state index contributed by atoms with van der Waals surface area (Å²) in [4.78, 5) is 25.9. The van der Waals surface area contributed by atoms with Crippen LogP contribution in [0.3, 0.4) is 0 Å². The third-order valence-electron chi connectivity index (χ3n) is 3.21. The molecule has 0 radical (unpaired) electrons. The summed E-state index contributed by atoms with van der Waals surface area (Å²) in [7, 11) is 0. The highest BCUT2D eigenvalue weighted by Crippen LogP contribution is 2.28. The van der Waals surface area contributed by atoms with Gasteiger partial charge in [0.2, 0.25) is 0 Å². The van der Waals surface area contributed by atoms with Gasteiger partial charge in [-0.15, -0.1) is 0 Å². The molecule has 6 N–H and O–H groups in total. The van der Waals surface area contributed by atoms with Gasteiger partial charge in [-0.05, 0) is 6.08 Å². The summed E-state index contributed by atoms with van der Waals surface area (Å²) in [6.45, 7) is -0.544. The summed E-state index contributed by atoms with van der Waals surface area (Å²) in [5.74, 6) is -1.41. The Morgan fingerprint density at radius 3 is 2.68 bits per heavy atom. The van der Waals surface area contributed by atoms with Crippen molar-refractivity contribution in [3.05, 3.63) is 28.3 Å². The SMILES string of the molecule is Nc1nc(=O)n(C2OC(CO)C(O)C2O)cc1C=CC(=O)O. The molecule has 120 valence electrons. The van der Waals surface area contributed by atoms with Crippen LogP contribution >= 0.6 is 0 Å². The molecular weight excluding hydrogens is 298 g/mol. The Morgan fingerprint density at radius 1 is 1.45 bits per heavy atom. The molecule has 1 aromatic heterocycles. The van der Waals surface area contributed by atoms with Crippen LogP contribution in [0.1, 0.15) is 11.8 Å². The van der Waals surface area contributed by atoms with Gasteiger partial charge in [-0.2, -0.15) is 4.98 Å². The molecule has 10 nitrogen and oxygen atoms in total. The van der Waals surface area contributed by atoms with Crippen LogP contribution in [0.5, 0.6) is 0 Å². The number of aromatic nitrogens is 2. The number of aliphatic hydroxyl groups excluding tert-OH is 3. The minimum Gasteiger partial charge on any atom is -0.478 e. The second-order valence-electron chi connectivity index (χ2n) is 4.67. The van der Waals surface area contributed by atoms with E-state index in [4.69, 9.17) is 20.7 Å². The summed E-state index contributed by atoms with van der Waals surface area (Å²) in [5.41, 5.74) is 4.81. The van der Waals surface area contributed by atoms with Crippen molar-refractivity contribution in [3.63, 3.8) is 0 Å². The summed E-state index contributed by atoms with van der Waals surface area (Å²) >= 11 is 0. The van der Waals surface area contributed by atoms with Gasteiger partial charge in [-0.25, -0.2) is 9.59 Å². The predicted octanol–water partition coefficient (Wildman–Crippen LogP) is -2.47. The number of carboxylic acids is 1. The number of hydrogen-bond donors (Lipinski definition) is 5. The maximum Gasteiger partial charge on any atom is 0.351 e. The van der Waals surface area contributed by atoms with E-state index >= 15 is 0 Å². The number of rotatable bonds is 4. The zero-order valence-electron chi connectivity index (χ0n) is 11.2. The van der Waals surface area contributed by atoms with Crippen LogP contribution in [0.2, 0.25) is 0 Å². The Balaban J connectivity index is 2.41. The molecule has 2 heterocycles. The summed E-state index contributed by atoms with van der Waals surface area (Å²) in [5, 5.41) is 37.2. The van der Waals surface area contributed by atoms with Crippen LogP contribution in [0.25, 0.3) is 6.08 Å². The molecule has 1 fully saturated rings. The largest absolute Gasteiger partial charge is 0.478 e. The van der Waals surface area contributed by atoms with Crippen molar-refractivity contribution in [2.24, 2.45) is 0 Å². The Kier molecular flexibility index (Phi) is 4.56. The quantitative estimate of drug-likeness (QED) is 0.378. The number of carbonyl (C=O) groups is 1. The second kappa shape index (κ2) is 6.23. The molecule has 1 aliphatic heterocycles.